The van der Waals surface area contributed by atoms with Crippen LogP contribution in [0.25, 0.3) is 0 Å². The fourth-order valence-corrected chi connectivity index (χ4v) is 4.41. The van der Waals surface area contributed by atoms with E-state index in [0.29, 0.717) is 24.3 Å². The number of hydrogen-bond donors (Lipinski definition) is 1. The van der Waals surface area contributed by atoms with Crippen molar-refractivity contribution in [3.05, 3.63) is 53.1 Å². The van der Waals surface area contributed by atoms with Gasteiger partial charge in [-0.1, -0.05) is 17.7 Å². The zero-order valence-electron chi connectivity index (χ0n) is 17.8. The van der Waals surface area contributed by atoms with Crippen molar-refractivity contribution in [2.45, 2.75) is 32.6 Å². The average molecular weight is 426 g/mol. The fourth-order valence-electron chi connectivity index (χ4n) is 3.49. The number of thioether (sulfide) groups is 1. The van der Waals surface area contributed by atoms with Crippen LogP contribution in [-0.2, 0) is 9.59 Å². The van der Waals surface area contributed by atoms with Crippen molar-refractivity contribution in [3.63, 3.8) is 0 Å². The number of amides is 3. The second-order valence-corrected chi connectivity index (χ2v) is 8.31. The number of rotatable bonds is 6. The molecule has 0 bridgehead atoms. The zero-order chi connectivity index (χ0) is 21.8. The fraction of sp³-hybridized carbons (Fsp3) is 0.348. The summed E-state index contributed by atoms with van der Waals surface area (Å²) in [6.45, 7) is 8.93. The van der Waals surface area contributed by atoms with Gasteiger partial charge < -0.3 is 15.1 Å². The first-order chi connectivity index (χ1) is 14.3. The Kier molecular flexibility index (Phi) is 6.82. The molecule has 1 heterocycles. The van der Waals surface area contributed by atoms with Crippen LogP contribution in [-0.4, -0.2) is 48.0 Å². The number of nitrogens with one attached hydrogen (secondary N) is 1. The molecule has 1 N–H and O–H groups in total. The lowest BCUT2D eigenvalue weighted by molar-refractivity contribution is -0.120. The highest BCUT2D eigenvalue weighted by Crippen LogP contribution is 2.36. The monoisotopic (exact) mass is 425 g/mol. The van der Waals surface area contributed by atoms with Crippen LogP contribution in [0.1, 0.15) is 35.3 Å². The summed E-state index contributed by atoms with van der Waals surface area (Å²) in [5, 5.41) is 2.90. The van der Waals surface area contributed by atoms with Gasteiger partial charge in [-0.2, -0.15) is 0 Å². The number of nitrogens with zero attached hydrogens (tertiary/aromatic N) is 2. The van der Waals surface area contributed by atoms with Crippen molar-refractivity contribution in [1.29, 1.82) is 0 Å². The van der Waals surface area contributed by atoms with E-state index in [1.165, 1.54) is 16.7 Å². The highest BCUT2D eigenvalue weighted by atomic mass is 32.2. The normalized spacial score (nSPS) is 13.1. The molecule has 30 heavy (non-hydrogen) atoms. The SMILES string of the molecule is CCN(CC)C(=O)c1ccc2c(c1)N(CC(=O)Nc1ccc(C)cc1C)C(=O)CS2. The molecule has 0 aromatic heterocycles. The number of aryl methyl sites for hydroxylation is 2. The van der Waals surface area contributed by atoms with E-state index >= 15 is 0 Å². The summed E-state index contributed by atoms with van der Waals surface area (Å²) >= 11 is 1.43. The molecule has 0 radical (unpaired) electrons. The molecule has 7 heteroatoms. The van der Waals surface area contributed by atoms with Crippen LogP contribution in [0, 0.1) is 13.8 Å². The predicted molar refractivity (Wildman–Crippen MR) is 121 cm³/mol. The van der Waals surface area contributed by atoms with Crippen LogP contribution >= 0.6 is 11.8 Å². The van der Waals surface area contributed by atoms with Crippen LogP contribution < -0.4 is 10.2 Å². The van der Waals surface area contributed by atoms with Crippen molar-refractivity contribution in [3.8, 4) is 0 Å². The number of benzene rings is 2. The van der Waals surface area contributed by atoms with Gasteiger partial charge in [-0.15, -0.1) is 11.8 Å². The molecule has 0 saturated carbocycles. The summed E-state index contributed by atoms with van der Waals surface area (Å²) in [6.07, 6.45) is 0. The Balaban J connectivity index is 1.84. The molecule has 2 aromatic rings. The highest BCUT2D eigenvalue weighted by molar-refractivity contribution is 8.00. The van der Waals surface area contributed by atoms with E-state index in [9.17, 15) is 14.4 Å². The van der Waals surface area contributed by atoms with E-state index < -0.39 is 0 Å². The average Bonchev–Trinajstić information content (AvgIpc) is 2.72. The summed E-state index contributed by atoms with van der Waals surface area (Å²) in [5.74, 6) is -0.220. The first-order valence-corrected chi connectivity index (χ1v) is 11.1. The minimum Gasteiger partial charge on any atom is -0.339 e. The molecule has 2 aromatic carbocycles. The van der Waals surface area contributed by atoms with Crippen molar-refractivity contribution in [2.75, 3.05) is 35.6 Å². The van der Waals surface area contributed by atoms with Gasteiger partial charge in [0.1, 0.15) is 6.54 Å². The van der Waals surface area contributed by atoms with Gasteiger partial charge in [0.15, 0.2) is 0 Å². The molecule has 0 aliphatic carbocycles. The zero-order valence-corrected chi connectivity index (χ0v) is 18.6. The van der Waals surface area contributed by atoms with Crippen LogP contribution in [0.5, 0.6) is 0 Å². The van der Waals surface area contributed by atoms with Crippen LogP contribution in [0.3, 0.4) is 0 Å². The minimum atomic E-state index is -0.270. The van der Waals surface area contributed by atoms with Gasteiger partial charge in [-0.3, -0.25) is 14.4 Å². The molecule has 3 amide bonds. The number of carbonyl (C=O) groups is 3. The Bertz CT molecular complexity index is 986. The lowest BCUT2D eigenvalue weighted by Gasteiger charge is -2.29. The summed E-state index contributed by atoms with van der Waals surface area (Å²) in [7, 11) is 0. The molecule has 1 aliphatic rings. The smallest absolute Gasteiger partial charge is 0.253 e. The first kappa shape index (κ1) is 21.9. The molecule has 0 spiro atoms. The molecular formula is C23H27N3O3S. The largest absolute Gasteiger partial charge is 0.339 e. The van der Waals surface area contributed by atoms with E-state index in [4.69, 9.17) is 0 Å². The lowest BCUT2D eigenvalue weighted by Crippen LogP contribution is -2.41. The number of anilines is 2. The predicted octanol–water partition coefficient (Wildman–Crippen LogP) is 3.86. The van der Waals surface area contributed by atoms with E-state index in [0.717, 1.165) is 21.7 Å². The molecule has 0 saturated heterocycles. The summed E-state index contributed by atoms with van der Waals surface area (Å²) in [6, 6.07) is 11.2. The van der Waals surface area contributed by atoms with E-state index in [1.807, 2.05) is 52.0 Å². The maximum Gasteiger partial charge on any atom is 0.253 e. The van der Waals surface area contributed by atoms with Gasteiger partial charge in [0.2, 0.25) is 11.8 Å². The minimum absolute atomic E-state index is 0.0782. The molecule has 158 valence electrons. The molecule has 0 fully saturated rings. The Hall–Kier alpha value is -2.80. The van der Waals surface area contributed by atoms with Gasteiger partial charge in [-0.25, -0.2) is 0 Å². The third kappa shape index (κ3) is 4.67. The Morgan fingerprint density at radius 2 is 1.83 bits per heavy atom. The van der Waals surface area contributed by atoms with Crippen molar-refractivity contribution >= 4 is 40.9 Å². The quantitative estimate of drug-likeness (QED) is 0.763. The maximum absolute atomic E-state index is 12.7. The van der Waals surface area contributed by atoms with Gasteiger partial charge in [0.05, 0.1) is 11.4 Å². The number of fused-ring (bicyclic) bond motifs is 1. The topological polar surface area (TPSA) is 69.7 Å². The standard InChI is InChI=1S/C23H27N3O3S/c1-5-25(6-2)23(29)17-8-10-20-19(12-17)26(22(28)14-30-20)13-21(27)24-18-9-7-15(3)11-16(18)4/h7-12H,5-6,13-14H2,1-4H3,(H,24,27). The maximum atomic E-state index is 12.7. The molecule has 0 atom stereocenters. The van der Waals surface area contributed by atoms with Crippen LogP contribution in [0.2, 0.25) is 0 Å². The van der Waals surface area contributed by atoms with Crippen molar-refractivity contribution in [2.24, 2.45) is 0 Å². The Morgan fingerprint density at radius 1 is 1.10 bits per heavy atom. The third-order valence-electron chi connectivity index (χ3n) is 5.16. The Labute approximate surface area is 181 Å². The first-order valence-electron chi connectivity index (χ1n) is 10.1. The second-order valence-electron chi connectivity index (χ2n) is 7.30. The second kappa shape index (κ2) is 9.34. The summed E-state index contributed by atoms with van der Waals surface area (Å²) in [5.41, 5.74) is 3.96. The van der Waals surface area contributed by atoms with Gasteiger partial charge in [-0.05, 0) is 57.5 Å². The summed E-state index contributed by atoms with van der Waals surface area (Å²) in [4.78, 5) is 42.2. The molecule has 3 rings (SSSR count). The van der Waals surface area contributed by atoms with Gasteiger partial charge in [0, 0.05) is 29.2 Å². The van der Waals surface area contributed by atoms with Crippen molar-refractivity contribution < 1.29 is 14.4 Å². The highest BCUT2D eigenvalue weighted by Gasteiger charge is 2.28. The Morgan fingerprint density at radius 3 is 2.50 bits per heavy atom. The summed E-state index contributed by atoms with van der Waals surface area (Å²) < 4.78 is 0. The van der Waals surface area contributed by atoms with Crippen molar-refractivity contribution in [1.82, 2.24) is 4.90 Å². The molecular weight excluding hydrogens is 398 g/mol. The molecule has 1 aliphatic heterocycles. The third-order valence-corrected chi connectivity index (χ3v) is 6.20. The van der Waals surface area contributed by atoms with Gasteiger partial charge >= 0.3 is 0 Å². The van der Waals surface area contributed by atoms with Crippen LogP contribution in [0.4, 0.5) is 11.4 Å². The number of hydrogen-bond acceptors (Lipinski definition) is 4. The van der Waals surface area contributed by atoms with E-state index in [2.05, 4.69) is 5.32 Å². The van der Waals surface area contributed by atoms with E-state index in [1.54, 1.807) is 17.0 Å². The number of carbonyl (C=O) groups excluding carboxylic acids is 3. The molecule has 0 unspecified atom stereocenters. The lowest BCUT2D eigenvalue weighted by atomic mass is 10.1. The molecule has 6 nitrogen and oxygen atoms in total. The van der Waals surface area contributed by atoms with Crippen LogP contribution in [0.15, 0.2) is 41.3 Å². The van der Waals surface area contributed by atoms with E-state index in [-0.39, 0.29) is 30.0 Å². The van der Waals surface area contributed by atoms with Gasteiger partial charge in [0.25, 0.3) is 5.91 Å².